The fraction of sp³-hybridized carbons (Fsp3) is 1.00. The molecular weight excluding hydrogens is 104 g/mol. The highest BCUT2D eigenvalue weighted by Gasteiger charge is 2.21. The zero-order valence-electron chi connectivity index (χ0n) is 4.72. The second-order valence-electron chi connectivity index (χ2n) is 2.20. The molecule has 8 heavy (non-hydrogen) atoms. The summed E-state index contributed by atoms with van der Waals surface area (Å²) in [4.78, 5) is 0. The van der Waals surface area contributed by atoms with E-state index in [-0.39, 0.29) is 0 Å². The van der Waals surface area contributed by atoms with Crippen LogP contribution in [0, 0.1) is 0 Å². The van der Waals surface area contributed by atoms with E-state index < -0.39 is 0 Å². The molecular formula is C4H10N4. The zero-order chi connectivity index (χ0) is 5.40. The van der Waals surface area contributed by atoms with E-state index in [9.17, 15) is 0 Å². The second-order valence-corrected chi connectivity index (χ2v) is 2.20. The number of nitrogens with one attached hydrogen (secondary N) is 2. The van der Waals surface area contributed by atoms with Crippen molar-refractivity contribution >= 4 is 0 Å². The van der Waals surface area contributed by atoms with E-state index >= 15 is 0 Å². The summed E-state index contributed by atoms with van der Waals surface area (Å²) in [7, 11) is 0. The number of hydrogen-bond acceptors (Lipinski definition) is 4. The maximum absolute atomic E-state index is 3.03. The van der Waals surface area contributed by atoms with Gasteiger partial charge in [-0.2, -0.15) is 11.1 Å². The number of hydrazine groups is 3. The van der Waals surface area contributed by atoms with Gasteiger partial charge in [0.15, 0.2) is 0 Å². The van der Waals surface area contributed by atoms with Crippen LogP contribution in [0.5, 0.6) is 0 Å². The van der Waals surface area contributed by atoms with Crippen LogP contribution in [-0.4, -0.2) is 36.2 Å². The molecule has 0 spiro atoms. The smallest absolute Gasteiger partial charge is 0.0287 e. The Labute approximate surface area is 48.4 Å². The summed E-state index contributed by atoms with van der Waals surface area (Å²) in [5.41, 5.74) is 6.06. The summed E-state index contributed by atoms with van der Waals surface area (Å²) >= 11 is 0. The van der Waals surface area contributed by atoms with Crippen LogP contribution in [0.3, 0.4) is 0 Å². The molecule has 0 radical (unpaired) electrons. The topological polar surface area (TPSA) is 30.5 Å². The van der Waals surface area contributed by atoms with Crippen molar-refractivity contribution in [2.45, 2.75) is 0 Å². The lowest BCUT2D eigenvalue weighted by atomic mass is 10.4. The van der Waals surface area contributed by atoms with Crippen molar-refractivity contribution in [1.82, 2.24) is 21.1 Å². The third-order valence-corrected chi connectivity index (χ3v) is 1.65. The molecule has 0 aromatic heterocycles. The maximum atomic E-state index is 3.03. The summed E-state index contributed by atoms with van der Waals surface area (Å²) in [6, 6.07) is 0. The van der Waals surface area contributed by atoms with Crippen LogP contribution in [0.4, 0.5) is 0 Å². The molecule has 46 valence electrons. The Bertz CT molecular complexity index is 63.0. The Hall–Kier alpha value is -0.160. The number of piperazine rings is 1. The molecule has 0 unspecified atom stereocenters. The Kier molecular flexibility index (Phi) is 0.976. The number of nitrogens with zero attached hydrogens (tertiary/aromatic N) is 2. The summed E-state index contributed by atoms with van der Waals surface area (Å²) in [5.74, 6) is 0. The molecule has 4 heteroatoms. The molecule has 0 aliphatic carbocycles. The predicted molar refractivity (Wildman–Crippen MR) is 29.4 cm³/mol. The first-order chi connectivity index (χ1) is 3.95. The summed E-state index contributed by atoms with van der Waals surface area (Å²) < 4.78 is 0. The molecule has 4 nitrogen and oxygen atoms in total. The molecule has 0 atom stereocenters. The molecule has 0 aromatic rings. The second kappa shape index (κ2) is 1.66. The first-order valence-electron chi connectivity index (χ1n) is 2.96. The molecule has 3 fully saturated rings. The van der Waals surface area contributed by atoms with Crippen molar-refractivity contribution in [1.29, 1.82) is 0 Å². The van der Waals surface area contributed by atoms with Crippen LogP contribution in [0.25, 0.3) is 0 Å². The third kappa shape index (κ3) is 0.621. The minimum Gasteiger partial charge on any atom is -0.227 e. The molecule has 3 aliphatic heterocycles. The quantitative estimate of drug-likeness (QED) is 0.403. The van der Waals surface area contributed by atoms with E-state index in [1.165, 1.54) is 0 Å². The van der Waals surface area contributed by atoms with Crippen LogP contribution >= 0.6 is 0 Å². The lowest BCUT2D eigenvalue weighted by molar-refractivity contribution is -0.0655. The highest BCUT2D eigenvalue weighted by molar-refractivity contribution is 4.68. The first-order valence-corrected chi connectivity index (χ1v) is 2.96. The largest absolute Gasteiger partial charge is 0.227 e. The van der Waals surface area contributed by atoms with Gasteiger partial charge >= 0.3 is 0 Å². The van der Waals surface area contributed by atoms with Crippen LogP contribution in [0.1, 0.15) is 0 Å². The Morgan fingerprint density at radius 3 is 1.25 bits per heavy atom. The van der Waals surface area contributed by atoms with E-state index in [2.05, 4.69) is 21.1 Å². The number of fused-ring (bicyclic) bond motifs is 3. The molecule has 2 N–H and O–H groups in total. The number of hydrogen-bond donors (Lipinski definition) is 2. The normalized spacial score (nSPS) is 45.0. The monoisotopic (exact) mass is 114 g/mol. The third-order valence-electron chi connectivity index (χ3n) is 1.65. The van der Waals surface area contributed by atoms with E-state index in [1.807, 2.05) is 0 Å². The Morgan fingerprint density at radius 1 is 0.750 bits per heavy atom. The zero-order valence-corrected chi connectivity index (χ0v) is 4.72. The van der Waals surface area contributed by atoms with E-state index in [0.29, 0.717) is 0 Å². The molecule has 0 saturated carbocycles. The lowest BCUT2D eigenvalue weighted by Crippen LogP contribution is -2.69. The van der Waals surface area contributed by atoms with E-state index in [4.69, 9.17) is 0 Å². The molecule has 0 amide bonds. The highest BCUT2D eigenvalue weighted by Crippen LogP contribution is 1.98. The van der Waals surface area contributed by atoms with Gasteiger partial charge in [-0.25, -0.2) is 10.0 Å². The minimum absolute atomic E-state index is 1.15. The van der Waals surface area contributed by atoms with Crippen molar-refractivity contribution in [2.75, 3.05) is 26.2 Å². The predicted octanol–water partition coefficient (Wildman–Crippen LogP) is -1.46. The van der Waals surface area contributed by atoms with Gasteiger partial charge in [0, 0.05) is 26.2 Å². The van der Waals surface area contributed by atoms with Crippen LogP contribution in [0.15, 0.2) is 0 Å². The standard InChI is InChI=1S/C4H10N4/c1-2-8-4-3-7(1)5-6-8/h5-6H,1-4H2. The molecule has 3 heterocycles. The highest BCUT2D eigenvalue weighted by atomic mass is 15.9. The van der Waals surface area contributed by atoms with Gasteiger partial charge < -0.3 is 0 Å². The molecule has 0 aromatic carbocycles. The van der Waals surface area contributed by atoms with Gasteiger partial charge in [0.25, 0.3) is 0 Å². The maximum Gasteiger partial charge on any atom is 0.0287 e. The SMILES string of the molecule is C1CN2CCN1NN2. The van der Waals surface area contributed by atoms with Gasteiger partial charge in [0.2, 0.25) is 0 Å². The summed E-state index contributed by atoms with van der Waals surface area (Å²) in [6.07, 6.45) is 0. The minimum atomic E-state index is 1.15. The van der Waals surface area contributed by atoms with Gasteiger partial charge in [-0.1, -0.05) is 0 Å². The molecule has 3 rings (SSSR count). The summed E-state index contributed by atoms with van der Waals surface area (Å²) in [6.45, 7) is 4.58. The molecule has 2 bridgehead atoms. The molecule has 3 aliphatic rings. The van der Waals surface area contributed by atoms with E-state index in [0.717, 1.165) is 26.2 Å². The van der Waals surface area contributed by atoms with Gasteiger partial charge in [-0.15, -0.1) is 0 Å². The van der Waals surface area contributed by atoms with Crippen molar-refractivity contribution in [3.8, 4) is 0 Å². The van der Waals surface area contributed by atoms with Gasteiger partial charge in [0.05, 0.1) is 0 Å². The first kappa shape index (κ1) is 4.69. The van der Waals surface area contributed by atoms with Crippen molar-refractivity contribution in [2.24, 2.45) is 0 Å². The molecule has 3 saturated heterocycles. The average Bonchev–Trinajstić information content (AvgIpc) is 1.92. The Morgan fingerprint density at radius 2 is 1.12 bits per heavy atom. The van der Waals surface area contributed by atoms with Crippen LogP contribution < -0.4 is 11.1 Å². The summed E-state index contributed by atoms with van der Waals surface area (Å²) in [5, 5.41) is 4.36. The van der Waals surface area contributed by atoms with Crippen LogP contribution in [0.2, 0.25) is 0 Å². The average molecular weight is 114 g/mol. The van der Waals surface area contributed by atoms with Crippen molar-refractivity contribution < 1.29 is 0 Å². The van der Waals surface area contributed by atoms with Crippen molar-refractivity contribution in [3.05, 3.63) is 0 Å². The van der Waals surface area contributed by atoms with Gasteiger partial charge in [-0.3, -0.25) is 0 Å². The van der Waals surface area contributed by atoms with Gasteiger partial charge in [0.1, 0.15) is 0 Å². The van der Waals surface area contributed by atoms with Crippen LogP contribution in [-0.2, 0) is 0 Å². The fourth-order valence-corrected chi connectivity index (χ4v) is 1.07. The fourth-order valence-electron chi connectivity index (χ4n) is 1.07. The lowest BCUT2D eigenvalue weighted by Gasteiger charge is -2.42. The van der Waals surface area contributed by atoms with Crippen molar-refractivity contribution in [3.63, 3.8) is 0 Å². The van der Waals surface area contributed by atoms with E-state index in [1.54, 1.807) is 0 Å². The Balaban J connectivity index is 2.03. The van der Waals surface area contributed by atoms with Gasteiger partial charge in [-0.05, 0) is 0 Å². The number of rotatable bonds is 0.